The molecular weight excluding hydrogens is 284 g/mol. The molecule has 0 aromatic carbocycles. The van der Waals surface area contributed by atoms with E-state index in [1.807, 2.05) is 13.8 Å². The van der Waals surface area contributed by atoms with E-state index in [2.05, 4.69) is 5.32 Å². The lowest BCUT2D eigenvalue weighted by molar-refractivity contribution is -0.146. The molecule has 2 atom stereocenters. The largest absolute Gasteiger partial charge is 0.499 e. The van der Waals surface area contributed by atoms with Gasteiger partial charge in [-0.1, -0.05) is 33.6 Å². The van der Waals surface area contributed by atoms with E-state index in [1.54, 1.807) is 6.92 Å². The van der Waals surface area contributed by atoms with Crippen molar-refractivity contribution in [1.29, 1.82) is 0 Å². The molecule has 6 nitrogen and oxygen atoms in total. The number of ether oxygens (including phenoxy) is 1. The van der Waals surface area contributed by atoms with E-state index in [9.17, 15) is 14.4 Å². The molecule has 1 aliphatic rings. The maximum absolute atomic E-state index is 12.7. The van der Waals surface area contributed by atoms with Crippen LogP contribution in [0.15, 0.2) is 11.8 Å². The summed E-state index contributed by atoms with van der Waals surface area (Å²) < 4.78 is 5.23. The maximum atomic E-state index is 12.7. The van der Waals surface area contributed by atoms with E-state index in [-0.39, 0.29) is 23.8 Å². The Morgan fingerprint density at radius 3 is 2.50 bits per heavy atom. The fourth-order valence-electron chi connectivity index (χ4n) is 2.58. The molecular formula is C16H26N2O4. The zero-order valence-electron chi connectivity index (χ0n) is 13.8. The van der Waals surface area contributed by atoms with Crippen LogP contribution in [0.3, 0.4) is 0 Å². The Morgan fingerprint density at radius 2 is 2.00 bits per heavy atom. The molecule has 0 saturated heterocycles. The molecule has 3 amide bonds. The lowest BCUT2D eigenvalue weighted by atomic mass is 10.1. The zero-order valence-corrected chi connectivity index (χ0v) is 13.8. The minimum absolute atomic E-state index is 0.189. The predicted octanol–water partition coefficient (Wildman–Crippen LogP) is 1.75. The van der Waals surface area contributed by atoms with E-state index in [1.165, 1.54) is 18.1 Å². The molecule has 1 aliphatic heterocycles. The average Bonchev–Trinajstić information content (AvgIpc) is 2.82. The van der Waals surface area contributed by atoms with Gasteiger partial charge in [0.1, 0.15) is 11.8 Å². The zero-order chi connectivity index (χ0) is 16.7. The fraction of sp³-hybridized carbons (Fsp3) is 0.688. The quantitative estimate of drug-likeness (QED) is 0.741. The Labute approximate surface area is 131 Å². The van der Waals surface area contributed by atoms with Gasteiger partial charge in [-0.15, -0.1) is 0 Å². The molecule has 1 N–H and O–H groups in total. The van der Waals surface area contributed by atoms with E-state index >= 15 is 0 Å². The molecule has 0 aromatic rings. The van der Waals surface area contributed by atoms with Gasteiger partial charge in [-0.3, -0.25) is 19.3 Å². The van der Waals surface area contributed by atoms with Crippen molar-refractivity contribution < 1.29 is 19.1 Å². The molecule has 0 bridgehead atoms. The van der Waals surface area contributed by atoms with Crippen molar-refractivity contribution in [3.05, 3.63) is 11.8 Å². The van der Waals surface area contributed by atoms with Crippen molar-refractivity contribution in [2.24, 2.45) is 0 Å². The molecule has 0 unspecified atom stereocenters. The molecule has 0 aromatic heterocycles. The van der Waals surface area contributed by atoms with Crippen LogP contribution in [0, 0.1) is 0 Å². The Morgan fingerprint density at radius 1 is 1.32 bits per heavy atom. The van der Waals surface area contributed by atoms with Crippen molar-refractivity contribution in [1.82, 2.24) is 10.2 Å². The Kier molecular flexibility index (Phi) is 7.08. The molecule has 1 rings (SSSR count). The number of nitrogens with zero attached hydrogens (tertiary/aromatic N) is 1. The van der Waals surface area contributed by atoms with Gasteiger partial charge in [0.25, 0.3) is 11.8 Å². The summed E-state index contributed by atoms with van der Waals surface area (Å²) in [6.45, 7) is 5.65. The first-order valence-electron chi connectivity index (χ1n) is 7.91. The van der Waals surface area contributed by atoms with Crippen molar-refractivity contribution >= 4 is 17.7 Å². The summed E-state index contributed by atoms with van der Waals surface area (Å²) in [7, 11) is 1.50. The van der Waals surface area contributed by atoms with E-state index in [0.29, 0.717) is 25.0 Å². The third-order valence-corrected chi connectivity index (χ3v) is 3.71. The van der Waals surface area contributed by atoms with Gasteiger partial charge in [-0.2, -0.15) is 0 Å². The minimum atomic E-state index is -0.662. The summed E-state index contributed by atoms with van der Waals surface area (Å²) in [5.41, 5.74) is 0. The van der Waals surface area contributed by atoms with Gasteiger partial charge in [0.05, 0.1) is 13.2 Å². The highest BCUT2D eigenvalue weighted by Gasteiger charge is 2.40. The molecule has 0 saturated carbocycles. The number of carbonyl (C=O) groups excluding carboxylic acids is 3. The molecule has 0 radical (unpaired) electrons. The average molecular weight is 310 g/mol. The van der Waals surface area contributed by atoms with Crippen LogP contribution in [0.1, 0.15) is 52.9 Å². The second-order valence-electron chi connectivity index (χ2n) is 5.36. The second kappa shape index (κ2) is 8.56. The molecule has 1 heterocycles. The molecule has 0 aliphatic carbocycles. The smallest absolute Gasteiger partial charge is 0.257 e. The maximum Gasteiger partial charge on any atom is 0.257 e. The van der Waals surface area contributed by atoms with Gasteiger partial charge < -0.3 is 10.1 Å². The first kappa shape index (κ1) is 18.2. The third kappa shape index (κ3) is 4.08. The molecule has 0 fully saturated rings. The minimum Gasteiger partial charge on any atom is -0.499 e. The van der Waals surface area contributed by atoms with Crippen molar-refractivity contribution in [3.8, 4) is 0 Å². The van der Waals surface area contributed by atoms with Crippen LogP contribution in [0.2, 0.25) is 0 Å². The summed E-state index contributed by atoms with van der Waals surface area (Å²) in [5.74, 6) is -0.398. The van der Waals surface area contributed by atoms with Gasteiger partial charge in [0.15, 0.2) is 0 Å². The second-order valence-corrected chi connectivity index (χ2v) is 5.36. The summed E-state index contributed by atoms with van der Waals surface area (Å²) in [6.07, 6.45) is 4.39. The van der Waals surface area contributed by atoms with Gasteiger partial charge in [0.2, 0.25) is 5.91 Å². The molecule has 124 valence electrons. The van der Waals surface area contributed by atoms with Crippen molar-refractivity contribution in [2.75, 3.05) is 7.11 Å². The SMILES string of the molecule is CCC[C@@H]1C(OC)=CC(=O)N1C(=O)[C@@H](CCC)NC(=O)CC. The van der Waals surface area contributed by atoms with Crippen molar-refractivity contribution in [3.63, 3.8) is 0 Å². The first-order chi connectivity index (χ1) is 10.5. The monoisotopic (exact) mass is 310 g/mol. The topological polar surface area (TPSA) is 75.7 Å². The summed E-state index contributed by atoms with van der Waals surface area (Å²) in [6, 6.07) is -1.03. The van der Waals surface area contributed by atoms with Gasteiger partial charge in [0, 0.05) is 12.5 Å². The summed E-state index contributed by atoms with van der Waals surface area (Å²) >= 11 is 0. The number of methoxy groups -OCH3 is 1. The number of carbonyl (C=O) groups is 3. The first-order valence-corrected chi connectivity index (χ1v) is 7.91. The Balaban J connectivity index is 2.95. The van der Waals surface area contributed by atoms with Gasteiger partial charge in [-0.05, 0) is 12.8 Å². The van der Waals surface area contributed by atoms with Crippen LogP contribution in [0.4, 0.5) is 0 Å². The summed E-state index contributed by atoms with van der Waals surface area (Å²) in [4.78, 5) is 37.8. The van der Waals surface area contributed by atoms with E-state index in [4.69, 9.17) is 4.74 Å². The lowest BCUT2D eigenvalue weighted by Gasteiger charge is -2.28. The highest BCUT2D eigenvalue weighted by Crippen LogP contribution is 2.25. The van der Waals surface area contributed by atoms with Crippen LogP contribution in [0.5, 0.6) is 0 Å². The standard InChI is InChI=1S/C16H26N2O4/c1-5-8-11(17-14(19)7-3)16(21)18-12(9-6-2)13(22-4)10-15(18)20/h10-12H,5-9H2,1-4H3,(H,17,19)/t11-,12-/m1/s1. The van der Waals surface area contributed by atoms with Crippen LogP contribution >= 0.6 is 0 Å². The van der Waals surface area contributed by atoms with Gasteiger partial charge >= 0.3 is 0 Å². The number of rotatable bonds is 8. The number of nitrogens with one attached hydrogen (secondary N) is 1. The van der Waals surface area contributed by atoms with Crippen LogP contribution in [0.25, 0.3) is 0 Å². The number of amides is 3. The molecule has 6 heteroatoms. The normalized spacial score (nSPS) is 18.9. The predicted molar refractivity (Wildman–Crippen MR) is 82.8 cm³/mol. The summed E-state index contributed by atoms with van der Waals surface area (Å²) in [5, 5.41) is 2.71. The third-order valence-electron chi connectivity index (χ3n) is 3.71. The Bertz CT molecular complexity index is 459. The van der Waals surface area contributed by atoms with Crippen LogP contribution in [-0.2, 0) is 19.1 Å². The number of imide groups is 1. The van der Waals surface area contributed by atoms with Gasteiger partial charge in [-0.25, -0.2) is 0 Å². The van der Waals surface area contributed by atoms with Crippen molar-refractivity contribution in [2.45, 2.75) is 65.0 Å². The number of hydrogen-bond donors (Lipinski definition) is 1. The number of hydrogen-bond acceptors (Lipinski definition) is 4. The lowest BCUT2D eigenvalue weighted by Crippen LogP contribution is -2.52. The fourth-order valence-corrected chi connectivity index (χ4v) is 2.58. The molecule has 0 spiro atoms. The highest BCUT2D eigenvalue weighted by atomic mass is 16.5. The van der Waals surface area contributed by atoms with E-state index in [0.717, 1.165) is 12.8 Å². The molecule has 22 heavy (non-hydrogen) atoms. The highest BCUT2D eigenvalue weighted by molar-refractivity contribution is 6.06. The van der Waals surface area contributed by atoms with E-state index < -0.39 is 6.04 Å². The van der Waals surface area contributed by atoms with Crippen LogP contribution in [-0.4, -0.2) is 41.8 Å². The van der Waals surface area contributed by atoms with Crippen LogP contribution < -0.4 is 5.32 Å². The Hall–Kier alpha value is -1.85.